The standard InChI is InChI=1S/C15H16ClFN2O2/c1-15(2,9-17)13(20)14(19-8-7-18-10-19)21-12-5-3-11(16)4-6-12/h3-8,10,14H,9H2,1-2H3. The summed E-state index contributed by atoms with van der Waals surface area (Å²) in [5.74, 6) is 0.110. The van der Waals surface area contributed by atoms with Crippen molar-refractivity contribution in [3.05, 3.63) is 48.0 Å². The molecule has 0 aliphatic heterocycles. The van der Waals surface area contributed by atoms with Gasteiger partial charge in [0.1, 0.15) is 12.4 Å². The van der Waals surface area contributed by atoms with E-state index in [0.717, 1.165) is 0 Å². The van der Waals surface area contributed by atoms with Gasteiger partial charge in [-0.2, -0.15) is 0 Å². The highest BCUT2D eigenvalue weighted by atomic mass is 35.5. The van der Waals surface area contributed by atoms with Crippen molar-refractivity contribution in [3.63, 3.8) is 0 Å². The molecule has 0 saturated carbocycles. The summed E-state index contributed by atoms with van der Waals surface area (Å²) in [4.78, 5) is 16.4. The molecule has 0 N–H and O–H groups in total. The predicted molar refractivity (Wildman–Crippen MR) is 78.1 cm³/mol. The third-order valence-electron chi connectivity index (χ3n) is 3.08. The highest BCUT2D eigenvalue weighted by Gasteiger charge is 2.36. The smallest absolute Gasteiger partial charge is 0.236 e. The van der Waals surface area contributed by atoms with Gasteiger partial charge in [-0.05, 0) is 24.3 Å². The van der Waals surface area contributed by atoms with Gasteiger partial charge in [-0.25, -0.2) is 4.98 Å². The summed E-state index contributed by atoms with van der Waals surface area (Å²) in [5.41, 5.74) is -1.14. The molecule has 4 nitrogen and oxygen atoms in total. The van der Waals surface area contributed by atoms with Crippen LogP contribution in [0.25, 0.3) is 0 Å². The molecule has 1 atom stereocenters. The molecule has 0 amide bonds. The average Bonchev–Trinajstić information content (AvgIpc) is 3.00. The number of hydrogen-bond donors (Lipinski definition) is 0. The van der Waals surface area contributed by atoms with Crippen LogP contribution in [0.3, 0.4) is 0 Å². The van der Waals surface area contributed by atoms with Crippen LogP contribution in [0.1, 0.15) is 20.1 Å². The Balaban J connectivity index is 2.29. The second-order valence-electron chi connectivity index (χ2n) is 5.32. The summed E-state index contributed by atoms with van der Waals surface area (Å²) >= 11 is 5.82. The van der Waals surface area contributed by atoms with Crippen molar-refractivity contribution >= 4 is 17.4 Å². The summed E-state index contributed by atoms with van der Waals surface area (Å²) < 4.78 is 20.3. The highest BCUT2D eigenvalue weighted by Crippen LogP contribution is 2.28. The van der Waals surface area contributed by atoms with E-state index in [9.17, 15) is 9.18 Å². The molecular weight excluding hydrogens is 295 g/mol. The van der Waals surface area contributed by atoms with Crippen molar-refractivity contribution in [3.8, 4) is 5.75 Å². The number of ketones is 1. The second kappa shape index (κ2) is 6.26. The van der Waals surface area contributed by atoms with Crippen LogP contribution in [0.5, 0.6) is 5.75 Å². The highest BCUT2D eigenvalue weighted by molar-refractivity contribution is 6.30. The summed E-state index contributed by atoms with van der Waals surface area (Å²) in [6.45, 7) is 2.33. The zero-order valence-electron chi connectivity index (χ0n) is 11.8. The Bertz CT molecular complexity index is 597. The molecule has 21 heavy (non-hydrogen) atoms. The van der Waals surface area contributed by atoms with Crippen molar-refractivity contribution in [1.29, 1.82) is 0 Å². The largest absolute Gasteiger partial charge is 0.463 e. The van der Waals surface area contributed by atoms with Crippen LogP contribution in [0, 0.1) is 5.41 Å². The van der Waals surface area contributed by atoms with E-state index in [1.165, 1.54) is 17.1 Å². The van der Waals surface area contributed by atoms with Gasteiger partial charge in [0.15, 0.2) is 0 Å². The minimum absolute atomic E-state index is 0.363. The van der Waals surface area contributed by atoms with E-state index in [1.807, 2.05) is 0 Å². The first-order valence-corrected chi connectivity index (χ1v) is 6.82. The molecule has 2 rings (SSSR count). The molecule has 1 aromatic heterocycles. The molecule has 0 aliphatic rings. The second-order valence-corrected chi connectivity index (χ2v) is 5.75. The molecule has 1 heterocycles. The number of Topliss-reactive ketones (excluding diaryl/α,β-unsaturated/α-hetero) is 1. The number of aromatic nitrogens is 2. The number of carbonyl (C=O) groups is 1. The molecule has 2 aromatic rings. The first-order valence-electron chi connectivity index (χ1n) is 6.44. The van der Waals surface area contributed by atoms with Crippen LogP contribution in [0.15, 0.2) is 43.0 Å². The lowest BCUT2D eigenvalue weighted by molar-refractivity contribution is -0.139. The van der Waals surface area contributed by atoms with Crippen LogP contribution in [-0.4, -0.2) is 22.0 Å². The monoisotopic (exact) mass is 310 g/mol. The quantitative estimate of drug-likeness (QED) is 0.817. The lowest BCUT2D eigenvalue weighted by Crippen LogP contribution is -2.36. The Morgan fingerprint density at radius 2 is 2.10 bits per heavy atom. The third kappa shape index (κ3) is 3.61. The number of ether oxygens (including phenoxy) is 1. The molecule has 112 valence electrons. The minimum atomic E-state index is -1.14. The van der Waals surface area contributed by atoms with Crippen LogP contribution in [0.4, 0.5) is 4.39 Å². The molecular formula is C15H16ClFN2O2. The van der Waals surface area contributed by atoms with E-state index in [4.69, 9.17) is 16.3 Å². The van der Waals surface area contributed by atoms with Gasteiger partial charge in [-0.15, -0.1) is 0 Å². The molecule has 0 spiro atoms. The molecule has 0 radical (unpaired) electrons. The summed E-state index contributed by atoms with van der Waals surface area (Å²) in [5, 5.41) is 0.567. The van der Waals surface area contributed by atoms with Gasteiger partial charge in [0.25, 0.3) is 0 Å². The molecule has 1 unspecified atom stereocenters. The SMILES string of the molecule is CC(C)(CF)C(=O)C(Oc1ccc(Cl)cc1)n1ccnc1. The lowest BCUT2D eigenvalue weighted by Gasteiger charge is -2.26. The molecule has 0 aliphatic carbocycles. The normalized spacial score (nSPS) is 13.0. The minimum Gasteiger partial charge on any atom is -0.463 e. The van der Waals surface area contributed by atoms with Gasteiger partial charge in [0.05, 0.1) is 11.7 Å². The van der Waals surface area contributed by atoms with Gasteiger partial charge in [0.2, 0.25) is 12.0 Å². The van der Waals surface area contributed by atoms with Crippen molar-refractivity contribution in [2.24, 2.45) is 5.41 Å². The molecule has 1 aromatic carbocycles. The summed E-state index contributed by atoms with van der Waals surface area (Å²) in [6.07, 6.45) is 3.63. The fourth-order valence-corrected chi connectivity index (χ4v) is 1.83. The van der Waals surface area contributed by atoms with Crippen molar-refractivity contribution < 1.29 is 13.9 Å². The van der Waals surface area contributed by atoms with Crippen LogP contribution in [0.2, 0.25) is 5.02 Å². The van der Waals surface area contributed by atoms with Crippen LogP contribution in [-0.2, 0) is 4.79 Å². The van der Waals surface area contributed by atoms with Crippen LogP contribution < -0.4 is 4.74 Å². The van der Waals surface area contributed by atoms with Gasteiger partial charge < -0.3 is 4.74 Å². The maximum atomic E-state index is 13.1. The zero-order chi connectivity index (χ0) is 15.5. The Hall–Kier alpha value is -1.88. The fourth-order valence-electron chi connectivity index (χ4n) is 1.70. The zero-order valence-corrected chi connectivity index (χ0v) is 12.5. The van der Waals surface area contributed by atoms with E-state index >= 15 is 0 Å². The number of hydrogen-bond acceptors (Lipinski definition) is 3. The first-order chi connectivity index (χ1) is 9.94. The molecule has 0 saturated heterocycles. The maximum absolute atomic E-state index is 13.1. The maximum Gasteiger partial charge on any atom is 0.236 e. The number of halogens is 2. The van der Waals surface area contributed by atoms with Gasteiger partial charge in [-0.3, -0.25) is 13.8 Å². The van der Waals surface area contributed by atoms with E-state index in [-0.39, 0.29) is 5.78 Å². The number of nitrogens with zero attached hydrogens (tertiary/aromatic N) is 2. The lowest BCUT2D eigenvalue weighted by atomic mass is 9.88. The Kier molecular flexibility index (Phi) is 4.63. The Morgan fingerprint density at radius 3 is 2.62 bits per heavy atom. The number of imidazole rings is 1. The van der Waals surface area contributed by atoms with Gasteiger partial charge in [-0.1, -0.05) is 25.4 Å². The molecule has 0 bridgehead atoms. The van der Waals surface area contributed by atoms with E-state index in [0.29, 0.717) is 10.8 Å². The van der Waals surface area contributed by atoms with Crippen molar-refractivity contribution in [1.82, 2.24) is 9.55 Å². The average molecular weight is 311 g/mol. The van der Waals surface area contributed by atoms with Crippen molar-refractivity contribution in [2.45, 2.75) is 20.1 Å². The van der Waals surface area contributed by atoms with E-state index in [1.54, 1.807) is 44.3 Å². The predicted octanol–water partition coefficient (Wildman–Crippen LogP) is 3.68. The van der Waals surface area contributed by atoms with Gasteiger partial charge in [0, 0.05) is 17.4 Å². The van der Waals surface area contributed by atoms with Gasteiger partial charge >= 0.3 is 0 Å². The number of rotatable bonds is 6. The van der Waals surface area contributed by atoms with E-state index < -0.39 is 18.3 Å². The Labute approximate surface area is 127 Å². The number of alkyl halides is 1. The molecule has 0 fully saturated rings. The van der Waals surface area contributed by atoms with Crippen LogP contribution >= 0.6 is 11.6 Å². The molecule has 6 heteroatoms. The fraction of sp³-hybridized carbons (Fsp3) is 0.333. The topological polar surface area (TPSA) is 44.1 Å². The summed E-state index contributed by atoms with van der Waals surface area (Å²) in [6, 6.07) is 6.63. The van der Waals surface area contributed by atoms with E-state index in [2.05, 4.69) is 4.98 Å². The van der Waals surface area contributed by atoms with Crippen molar-refractivity contribution in [2.75, 3.05) is 6.67 Å². The Morgan fingerprint density at radius 1 is 1.43 bits per heavy atom. The third-order valence-corrected chi connectivity index (χ3v) is 3.33. The number of carbonyl (C=O) groups excluding carboxylic acids is 1. The first kappa shape index (κ1) is 15.5. The summed E-state index contributed by atoms with van der Waals surface area (Å²) in [7, 11) is 0. The number of benzene rings is 1.